The van der Waals surface area contributed by atoms with E-state index in [0.29, 0.717) is 10.6 Å². The lowest BCUT2D eigenvalue weighted by molar-refractivity contribution is -0.138. The van der Waals surface area contributed by atoms with E-state index in [-0.39, 0.29) is 23.4 Å². The van der Waals surface area contributed by atoms with Crippen molar-refractivity contribution in [2.75, 3.05) is 10.1 Å². The normalized spacial score (nSPS) is 13.6. The van der Waals surface area contributed by atoms with Gasteiger partial charge in [0.1, 0.15) is 5.00 Å². The monoisotopic (exact) mass is 457 g/mol. The highest BCUT2D eigenvalue weighted by Gasteiger charge is 2.33. The number of rotatable bonds is 6. The number of thiophene rings is 1. The van der Waals surface area contributed by atoms with Crippen molar-refractivity contribution < 1.29 is 26.7 Å². The van der Waals surface area contributed by atoms with Gasteiger partial charge in [0.15, 0.2) is 0 Å². The van der Waals surface area contributed by atoms with Crippen LogP contribution >= 0.6 is 11.3 Å². The highest BCUT2D eigenvalue weighted by atomic mass is 32.2. The Morgan fingerprint density at radius 3 is 2.43 bits per heavy atom. The maximum absolute atomic E-state index is 13.3. The fourth-order valence-corrected chi connectivity index (χ4v) is 5.99. The molecule has 1 heterocycles. The molecule has 162 valence electrons. The summed E-state index contributed by atoms with van der Waals surface area (Å²) < 4.78 is 67.8. The van der Waals surface area contributed by atoms with Crippen LogP contribution in [-0.2, 0) is 22.7 Å². The Labute approximate surface area is 177 Å². The minimum Gasteiger partial charge on any atom is -0.389 e. The first kappa shape index (κ1) is 22.6. The molecule has 0 aliphatic heterocycles. The molecule has 0 amide bonds. The Morgan fingerprint density at radius 1 is 1.17 bits per heavy atom. The molecule has 0 bridgehead atoms. The third kappa shape index (κ3) is 4.33. The van der Waals surface area contributed by atoms with E-state index in [1.807, 2.05) is 12.1 Å². The van der Waals surface area contributed by atoms with Gasteiger partial charge in [-0.2, -0.15) is 13.2 Å². The van der Waals surface area contributed by atoms with Crippen molar-refractivity contribution in [3.8, 4) is 0 Å². The molecular formula is C21H22F3NO3S2. The Balaban J connectivity index is 2.18. The van der Waals surface area contributed by atoms with Gasteiger partial charge in [-0.1, -0.05) is 30.3 Å². The van der Waals surface area contributed by atoms with Crippen LogP contribution in [0.2, 0.25) is 0 Å². The number of fused-ring (bicyclic) bond motifs is 1. The first-order chi connectivity index (χ1) is 14.0. The van der Waals surface area contributed by atoms with Crippen LogP contribution in [-0.4, -0.2) is 19.3 Å². The fourth-order valence-electron chi connectivity index (χ4n) is 3.33. The fraction of sp³-hybridized carbons (Fsp3) is 0.333. The second kappa shape index (κ2) is 8.20. The molecular weight excluding hydrogens is 435 g/mol. The molecule has 30 heavy (non-hydrogen) atoms. The van der Waals surface area contributed by atoms with Crippen molar-refractivity contribution in [2.45, 2.75) is 39.6 Å². The predicted molar refractivity (Wildman–Crippen MR) is 114 cm³/mol. The van der Waals surface area contributed by atoms with Crippen molar-refractivity contribution in [2.24, 2.45) is 0 Å². The second-order valence-electron chi connectivity index (χ2n) is 7.05. The van der Waals surface area contributed by atoms with Crippen molar-refractivity contribution in [1.29, 1.82) is 0 Å². The number of benzene rings is 2. The summed E-state index contributed by atoms with van der Waals surface area (Å²) >= 11 is 1.20. The lowest BCUT2D eigenvalue weighted by Gasteiger charge is -2.25. The summed E-state index contributed by atoms with van der Waals surface area (Å²) in [6.07, 6.45) is -5.48. The Hall–Kier alpha value is -2.10. The summed E-state index contributed by atoms with van der Waals surface area (Å²) in [5.41, 5.74) is -0.0432. The van der Waals surface area contributed by atoms with Crippen molar-refractivity contribution >= 4 is 36.4 Å². The van der Waals surface area contributed by atoms with Gasteiger partial charge in [0.25, 0.3) is 0 Å². The topological polar surface area (TPSA) is 57.6 Å². The van der Waals surface area contributed by atoms with Gasteiger partial charge < -0.3 is 5.11 Å². The minimum atomic E-state index is -4.53. The molecule has 1 N–H and O–H groups in total. The summed E-state index contributed by atoms with van der Waals surface area (Å²) in [4.78, 5) is 0. The Morgan fingerprint density at radius 2 is 1.83 bits per heavy atom. The van der Waals surface area contributed by atoms with Gasteiger partial charge in [-0.05, 0) is 44.0 Å². The predicted octanol–water partition coefficient (Wildman–Crippen LogP) is 5.64. The van der Waals surface area contributed by atoms with Gasteiger partial charge in [0.05, 0.1) is 24.0 Å². The van der Waals surface area contributed by atoms with Crippen LogP contribution in [0.3, 0.4) is 0 Å². The van der Waals surface area contributed by atoms with E-state index in [1.54, 1.807) is 19.1 Å². The number of anilines is 1. The van der Waals surface area contributed by atoms with E-state index in [0.717, 1.165) is 20.5 Å². The maximum atomic E-state index is 13.3. The highest BCUT2D eigenvalue weighted by Crippen LogP contribution is 2.43. The van der Waals surface area contributed by atoms with Crippen molar-refractivity contribution in [3.63, 3.8) is 0 Å². The first-order valence-corrected chi connectivity index (χ1v) is 11.7. The second-order valence-corrected chi connectivity index (χ2v) is 10.3. The number of hydrogen-bond acceptors (Lipinski definition) is 4. The Kier molecular flexibility index (Phi) is 6.18. The summed E-state index contributed by atoms with van der Waals surface area (Å²) in [6.45, 7) is 4.13. The third-order valence-electron chi connectivity index (χ3n) is 4.89. The van der Waals surface area contributed by atoms with E-state index in [1.165, 1.54) is 37.3 Å². The number of aliphatic hydroxyl groups is 1. The average Bonchev–Trinajstić information content (AvgIpc) is 3.05. The molecule has 3 aromatic rings. The maximum Gasteiger partial charge on any atom is 0.416 e. The molecule has 0 saturated carbocycles. The molecule has 0 saturated heterocycles. The standard InChI is InChI=1S/C21H22F3NO3S2/c1-4-30(27,28)25(12-15-10-9-13(2)17(11-15)21(22,23)24)20-19(14(3)26)16-7-5-6-8-18(16)29-20/h5-11,14,26H,4,12H2,1-3H3. The van der Waals surface area contributed by atoms with E-state index < -0.39 is 27.9 Å². The lowest BCUT2D eigenvalue weighted by atomic mass is 10.0. The van der Waals surface area contributed by atoms with Gasteiger partial charge >= 0.3 is 6.18 Å². The van der Waals surface area contributed by atoms with Crippen LogP contribution in [0.15, 0.2) is 42.5 Å². The summed E-state index contributed by atoms with van der Waals surface area (Å²) in [5.74, 6) is -0.224. The molecule has 0 fully saturated rings. The number of hydrogen-bond donors (Lipinski definition) is 1. The lowest BCUT2D eigenvalue weighted by Crippen LogP contribution is -2.32. The van der Waals surface area contributed by atoms with Crippen LogP contribution in [0.1, 0.15) is 42.2 Å². The smallest absolute Gasteiger partial charge is 0.389 e. The van der Waals surface area contributed by atoms with Crippen LogP contribution in [0.4, 0.5) is 18.2 Å². The summed E-state index contributed by atoms with van der Waals surface area (Å²) in [7, 11) is -3.82. The first-order valence-electron chi connectivity index (χ1n) is 9.32. The quantitative estimate of drug-likeness (QED) is 0.521. The number of nitrogens with zero attached hydrogens (tertiary/aromatic N) is 1. The molecule has 3 rings (SSSR count). The molecule has 1 aromatic heterocycles. The molecule has 0 radical (unpaired) electrons. The number of aryl methyl sites for hydroxylation is 1. The van der Waals surface area contributed by atoms with Gasteiger partial charge in [0, 0.05) is 15.6 Å². The summed E-state index contributed by atoms with van der Waals surface area (Å²) in [6, 6.07) is 11.0. The van der Waals surface area contributed by atoms with Crippen molar-refractivity contribution in [3.05, 3.63) is 64.7 Å². The highest BCUT2D eigenvalue weighted by molar-refractivity contribution is 7.92. The van der Waals surface area contributed by atoms with Crippen LogP contribution in [0.25, 0.3) is 10.1 Å². The number of halogens is 3. The number of aliphatic hydroxyl groups excluding tert-OH is 1. The molecule has 0 spiro atoms. The van der Waals surface area contributed by atoms with E-state index >= 15 is 0 Å². The van der Waals surface area contributed by atoms with Crippen molar-refractivity contribution in [1.82, 2.24) is 0 Å². The van der Waals surface area contributed by atoms with E-state index in [2.05, 4.69) is 0 Å². The van der Waals surface area contributed by atoms with Crippen LogP contribution in [0, 0.1) is 6.92 Å². The van der Waals surface area contributed by atoms with E-state index in [9.17, 15) is 26.7 Å². The van der Waals surface area contributed by atoms with Gasteiger partial charge in [0.2, 0.25) is 10.0 Å². The van der Waals surface area contributed by atoms with Gasteiger partial charge in [-0.15, -0.1) is 11.3 Å². The van der Waals surface area contributed by atoms with Crippen LogP contribution in [0.5, 0.6) is 0 Å². The molecule has 4 nitrogen and oxygen atoms in total. The average molecular weight is 458 g/mol. The Bertz CT molecular complexity index is 1170. The zero-order chi connectivity index (χ0) is 22.3. The van der Waals surface area contributed by atoms with E-state index in [4.69, 9.17) is 0 Å². The SMILES string of the molecule is CCS(=O)(=O)N(Cc1ccc(C)c(C(F)(F)F)c1)c1sc2ccccc2c1C(C)O. The van der Waals surface area contributed by atoms with Crippen LogP contribution < -0.4 is 4.31 Å². The largest absolute Gasteiger partial charge is 0.416 e. The zero-order valence-electron chi connectivity index (χ0n) is 16.7. The molecule has 9 heteroatoms. The third-order valence-corrected chi connectivity index (χ3v) is 7.93. The molecule has 0 aliphatic carbocycles. The number of sulfonamides is 1. The molecule has 2 aromatic carbocycles. The molecule has 1 atom stereocenters. The minimum absolute atomic E-state index is 0.0719. The summed E-state index contributed by atoms with van der Waals surface area (Å²) in [5, 5.41) is 11.4. The number of alkyl halides is 3. The zero-order valence-corrected chi connectivity index (χ0v) is 18.3. The van der Waals surface area contributed by atoms with Gasteiger partial charge in [-0.3, -0.25) is 4.31 Å². The molecule has 1 unspecified atom stereocenters. The van der Waals surface area contributed by atoms with Gasteiger partial charge in [-0.25, -0.2) is 8.42 Å². The molecule has 0 aliphatic rings.